The summed E-state index contributed by atoms with van der Waals surface area (Å²) in [5.74, 6) is 0. The van der Waals surface area contributed by atoms with Gasteiger partial charge < -0.3 is 9.22 Å². The van der Waals surface area contributed by atoms with Crippen molar-refractivity contribution in [2.75, 3.05) is 34.5 Å². The van der Waals surface area contributed by atoms with Crippen molar-refractivity contribution in [3.8, 4) is 0 Å². The van der Waals surface area contributed by atoms with Crippen molar-refractivity contribution in [2.24, 2.45) is 0 Å². The molecular formula is C8H20NO+. The summed E-state index contributed by atoms with van der Waals surface area (Å²) in [4.78, 5) is 0. The standard InChI is InChI=1S/C8H20NO/c1-5-6-7-10-8-9(2,3)4/h5-8H2,1-4H3/q+1. The van der Waals surface area contributed by atoms with Gasteiger partial charge in [0.15, 0.2) is 6.73 Å². The number of hydrogen-bond acceptors (Lipinski definition) is 1. The van der Waals surface area contributed by atoms with Gasteiger partial charge in [-0.05, 0) is 6.42 Å². The first kappa shape index (κ1) is 9.92. The van der Waals surface area contributed by atoms with Gasteiger partial charge in [0.1, 0.15) is 0 Å². The molecule has 0 rings (SSSR count). The van der Waals surface area contributed by atoms with Gasteiger partial charge in [-0.15, -0.1) is 0 Å². The van der Waals surface area contributed by atoms with E-state index in [2.05, 4.69) is 28.1 Å². The van der Waals surface area contributed by atoms with E-state index >= 15 is 0 Å². The first-order valence-electron chi connectivity index (χ1n) is 3.94. The maximum absolute atomic E-state index is 5.41. The van der Waals surface area contributed by atoms with Gasteiger partial charge in [0.25, 0.3) is 0 Å². The third-order valence-corrected chi connectivity index (χ3v) is 1.12. The van der Waals surface area contributed by atoms with Crippen molar-refractivity contribution in [3.63, 3.8) is 0 Å². The molecule has 0 N–H and O–H groups in total. The van der Waals surface area contributed by atoms with Crippen LogP contribution in [0.2, 0.25) is 0 Å². The van der Waals surface area contributed by atoms with Gasteiger partial charge in [-0.1, -0.05) is 13.3 Å². The Morgan fingerprint density at radius 1 is 1.20 bits per heavy atom. The molecule has 10 heavy (non-hydrogen) atoms. The second-order valence-corrected chi connectivity index (χ2v) is 3.68. The first-order valence-corrected chi connectivity index (χ1v) is 3.94. The average molecular weight is 146 g/mol. The van der Waals surface area contributed by atoms with Gasteiger partial charge in [-0.25, -0.2) is 0 Å². The van der Waals surface area contributed by atoms with E-state index in [0.29, 0.717) is 0 Å². The topological polar surface area (TPSA) is 9.23 Å². The molecule has 0 aliphatic rings. The molecule has 2 nitrogen and oxygen atoms in total. The van der Waals surface area contributed by atoms with Crippen molar-refractivity contribution in [1.82, 2.24) is 0 Å². The van der Waals surface area contributed by atoms with Crippen LogP contribution in [0.25, 0.3) is 0 Å². The van der Waals surface area contributed by atoms with Crippen LogP contribution in [0.3, 0.4) is 0 Å². The zero-order valence-electron chi connectivity index (χ0n) is 7.68. The third kappa shape index (κ3) is 7.92. The first-order chi connectivity index (χ1) is 4.56. The van der Waals surface area contributed by atoms with Crippen molar-refractivity contribution < 1.29 is 9.22 Å². The fraction of sp³-hybridized carbons (Fsp3) is 1.00. The van der Waals surface area contributed by atoms with Gasteiger partial charge in [0.05, 0.1) is 27.7 Å². The Hall–Kier alpha value is -0.0800. The number of hydrogen-bond donors (Lipinski definition) is 0. The fourth-order valence-corrected chi connectivity index (χ4v) is 0.585. The smallest absolute Gasteiger partial charge is 0.182 e. The van der Waals surface area contributed by atoms with Crippen LogP contribution in [0.5, 0.6) is 0 Å². The molecule has 0 bridgehead atoms. The van der Waals surface area contributed by atoms with Crippen LogP contribution >= 0.6 is 0 Å². The van der Waals surface area contributed by atoms with Crippen LogP contribution < -0.4 is 0 Å². The molecular weight excluding hydrogens is 126 g/mol. The zero-order valence-corrected chi connectivity index (χ0v) is 7.68. The lowest BCUT2D eigenvalue weighted by atomic mass is 10.4. The molecule has 0 heterocycles. The van der Waals surface area contributed by atoms with E-state index in [-0.39, 0.29) is 0 Å². The minimum absolute atomic E-state index is 0.819. The number of rotatable bonds is 5. The van der Waals surface area contributed by atoms with Crippen molar-refractivity contribution in [1.29, 1.82) is 0 Å². The molecule has 0 fully saturated rings. The zero-order chi connectivity index (χ0) is 8.04. The molecule has 0 aliphatic carbocycles. The lowest BCUT2D eigenvalue weighted by Crippen LogP contribution is -2.36. The largest absolute Gasteiger partial charge is 0.332 e. The average Bonchev–Trinajstić information content (AvgIpc) is 1.78. The quantitative estimate of drug-likeness (QED) is 0.324. The Morgan fingerprint density at radius 2 is 1.80 bits per heavy atom. The summed E-state index contributed by atoms with van der Waals surface area (Å²) >= 11 is 0. The molecule has 0 spiro atoms. The van der Waals surface area contributed by atoms with E-state index in [1.165, 1.54) is 12.8 Å². The minimum Gasteiger partial charge on any atom is -0.332 e. The molecule has 0 radical (unpaired) electrons. The molecule has 2 heteroatoms. The van der Waals surface area contributed by atoms with Crippen LogP contribution in [-0.2, 0) is 4.74 Å². The number of unbranched alkanes of at least 4 members (excludes halogenated alkanes) is 1. The maximum Gasteiger partial charge on any atom is 0.182 e. The fourth-order valence-electron chi connectivity index (χ4n) is 0.585. The highest BCUT2D eigenvalue weighted by Gasteiger charge is 2.04. The number of ether oxygens (including phenoxy) is 1. The summed E-state index contributed by atoms with van der Waals surface area (Å²) in [5.41, 5.74) is 0. The summed E-state index contributed by atoms with van der Waals surface area (Å²) in [6.07, 6.45) is 2.40. The van der Waals surface area contributed by atoms with E-state index in [1.807, 2.05) is 0 Å². The van der Waals surface area contributed by atoms with Crippen LogP contribution in [0.1, 0.15) is 19.8 Å². The predicted molar refractivity (Wildman–Crippen MR) is 43.8 cm³/mol. The summed E-state index contributed by atoms with van der Waals surface area (Å²) in [5, 5.41) is 0. The van der Waals surface area contributed by atoms with Crippen LogP contribution in [0, 0.1) is 0 Å². The lowest BCUT2D eigenvalue weighted by Gasteiger charge is -2.23. The van der Waals surface area contributed by atoms with Crippen molar-refractivity contribution in [2.45, 2.75) is 19.8 Å². The Kier molecular flexibility index (Phi) is 4.65. The highest BCUT2D eigenvalue weighted by Crippen LogP contribution is 1.93. The number of nitrogens with zero attached hydrogens (tertiary/aromatic N) is 1. The Balaban J connectivity index is 3.04. The van der Waals surface area contributed by atoms with E-state index in [0.717, 1.165) is 17.8 Å². The summed E-state index contributed by atoms with van der Waals surface area (Å²) in [6.45, 7) is 3.90. The lowest BCUT2D eigenvalue weighted by molar-refractivity contribution is -0.890. The molecule has 0 amide bonds. The van der Waals surface area contributed by atoms with Gasteiger partial charge in [-0.2, -0.15) is 0 Å². The molecule has 62 valence electrons. The predicted octanol–water partition coefficient (Wildman–Crippen LogP) is 1.47. The molecule has 0 aromatic rings. The molecule has 0 unspecified atom stereocenters. The van der Waals surface area contributed by atoms with Crippen molar-refractivity contribution in [3.05, 3.63) is 0 Å². The monoisotopic (exact) mass is 146 g/mol. The van der Waals surface area contributed by atoms with Crippen LogP contribution in [0.4, 0.5) is 0 Å². The van der Waals surface area contributed by atoms with Gasteiger partial charge >= 0.3 is 0 Å². The molecule has 0 saturated carbocycles. The SMILES string of the molecule is CCCCOC[N+](C)(C)C. The van der Waals surface area contributed by atoms with Crippen LogP contribution in [-0.4, -0.2) is 39.0 Å². The van der Waals surface area contributed by atoms with E-state index in [4.69, 9.17) is 4.74 Å². The van der Waals surface area contributed by atoms with Gasteiger partial charge in [0.2, 0.25) is 0 Å². The molecule has 0 aromatic carbocycles. The molecule has 0 saturated heterocycles. The summed E-state index contributed by atoms with van der Waals surface area (Å²) in [6, 6.07) is 0. The number of quaternary nitrogens is 1. The Morgan fingerprint density at radius 3 is 2.20 bits per heavy atom. The van der Waals surface area contributed by atoms with E-state index in [1.54, 1.807) is 0 Å². The second-order valence-electron chi connectivity index (χ2n) is 3.68. The summed E-state index contributed by atoms with van der Waals surface area (Å²) < 4.78 is 6.30. The van der Waals surface area contributed by atoms with Crippen LogP contribution in [0.15, 0.2) is 0 Å². The second kappa shape index (κ2) is 4.69. The van der Waals surface area contributed by atoms with E-state index in [9.17, 15) is 0 Å². The molecule has 0 aliphatic heterocycles. The Bertz CT molecular complexity index is 75.8. The summed E-state index contributed by atoms with van der Waals surface area (Å²) in [7, 11) is 6.39. The highest BCUT2D eigenvalue weighted by molar-refractivity contribution is 4.28. The third-order valence-electron chi connectivity index (χ3n) is 1.12. The Labute approximate surface area is 64.4 Å². The highest BCUT2D eigenvalue weighted by atomic mass is 16.5. The van der Waals surface area contributed by atoms with Gasteiger partial charge in [0, 0.05) is 0 Å². The van der Waals surface area contributed by atoms with E-state index < -0.39 is 0 Å². The molecule has 0 aromatic heterocycles. The minimum atomic E-state index is 0.819. The molecule has 0 atom stereocenters. The van der Waals surface area contributed by atoms with Crippen molar-refractivity contribution >= 4 is 0 Å². The maximum atomic E-state index is 5.41. The van der Waals surface area contributed by atoms with Gasteiger partial charge in [-0.3, -0.25) is 0 Å². The normalized spacial score (nSPS) is 12.0.